The van der Waals surface area contributed by atoms with E-state index in [1.165, 1.54) is 4.68 Å². The SMILES string of the molecule is CN(CCOc1ccc(Cl)cc1)C(=O)CCn1nnc2ccccc2c1=O. The molecule has 0 fully saturated rings. The molecule has 140 valence electrons. The molecule has 3 rings (SSSR count). The number of carbonyl (C=O) groups is 1. The molecule has 0 aliphatic rings. The third-order valence-corrected chi connectivity index (χ3v) is 4.35. The summed E-state index contributed by atoms with van der Waals surface area (Å²) < 4.78 is 6.80. The van der Waals surface area contributed by atoms with Gasteiger partial charge < -0.3 is 9.64 Å². The summed E-state index contributed by atoms with van der Waals surface area (Å²) in [6.07, 6.45) is 0.157. The summed E-state index contributed by atoms with van der Waals surface area (Å²) in [5.74, 6) is 0.592. The second-order valence-corrected chi connectivity index (χ2v) is 6.44. The standard InChI is InChI=1S/C19H19ClN4O3/c1-23(12-13-27-15-8-6-14(20)7-9-15)18(25)10-11-24-19(26)16-4-2-3-5-17(16)21-22-24/h2-9H,10-13H2,1H3. The van der Waals surface area contributed by atoms with Gasteiger partial charge in [0.25, 0.3) is 5.56 Å². The maximum Gasteiger partial charge on any atom is 0.277 e. The summed E-state index contributed by atoms with van der Waals surface area (Å²) in [4.78, 5) is 26.2. The molecule has 0 N–H and O–H groups in total. The maximum absolute atomic E-state index is 12.4. The highest BCUT2D eigenvalue weighted by Gasteiger charge is 2.11. The summed E-state index contributed by atoms with van der Waals surface area (Å²) in [6.45, 7) is 0.969. The van der Waals surface area contributed by atoms with Crippen LogP contribution in [0.4, 0.5) is 0 Å². The average molecular weight is 387 g/mol. The van der Waals surface area contributed by atoms with Crippen LogP contribution in [0.5, 0.6) is 5.75 Å². The molecule has 2 aromatic carbocycles. The second-order valence-electron chi connectivity index (χ2n) is 6.00. The highest BCUT2D eigenvalue weighted by Crippen LogP contribution is 2.15. The molecule has 0 saturated heterocycles. The molecular formula is C19H19ClN4O3. The number of ether oxygens (including phenoxy) is 1. The molecule has 0 unspecified atom stereocenters. The summed E-state index contributed by atoms with van der Waals surface area (Å²) in [6, 6.07) is 14.0. The Morgan fingerprint density at radius 3 is 2.70 bits per heavy atom. The fourth-order valence-corrected chi connectivity index (χ4v) is 2.64. The number of aromatic nitrogens is 3. The molecule has 0 aliphatic heterocycles. The molecule has 0 bridgehead atoms. The number of fused-ring (bicyclic) bond motifs is 1. The second kappa shape index (κ2) is 8.64. The van der Waals surface area contributed by atoms with Crippen molar-refractivity contribution in [2.45, 2.75) is 13.0 Å². The van der Waals surface area contributed by atoms with E-state index in [-0.39, 0.29) is 24.4 Å². The van der Waals surface area contributed by atoms with Gasteiger partial charge in [0.1, 0.15) is 17.9 Å². The van der Waals surface area contributed by atoms with E-state index in [4.69, 9.17) is 16.3 Å². The van der Waals surface area contributed by atoms with Crippen LogP contribution in [0.3, 0.4) is 0 Å². The van der Waals surface area contributed by atoms with Crippen LogP contribution in [0.15, 0.2) is 53.3 Å². The first-order valence-electron chi connectivity index (χ1n) is 8.49. The molecule has 0 aliphatic carbocycles. The van der Waals surface area contributed by atoms with Crippen LogP contribution in [0.2, 0.25) is 5.02 Å². The first kappa shape index (κ1) is 18.8. The molecule has 1 aromatic heterocycles. The molecule has 7 nitrogen and oxygen atoms in total. The minimum absolute atomic E-state index is 0.100. The molecule has 0 saturated carbocycles. The van der Waals surface area contributed by atoms with Crippen molar-refractivity contribution in [3.63, 3.8) is 0 Å². The highest BCUT2D eigenvalue weighted by atomic mass is 35.5. The van der Waals surface area contributed by atoms with Gasteiger partial charge in [-0.2, -0.15) is 0 Å². The lowest BCUT2D eigenvalue weighted by Gasteiger charge is -2.17. The number of hydrogen-bond acceptors (Lipinski definition) is 5. The third-order valence-electron chi connectivity index (χ3n) is 4.10. The molecule has 1 heterocycles. The van der Waals surface area contributed by atoms with E-state index in [0.717, 1.165) is 0 Å². The van der Waals surface area contributed by atoms with Crippen LogP contribution >= 0.6 is 11.6 Å². The van der Waals surface area contributed by atoms with Gasteiger partial charge in [-0.05, 0) is 36.4 Å². The molecular weight excluding hydrogens is 368 g/mol. The number of amides is 1. The zero-order chi connectivity index (χ0) is 19.2. The molecule has 0 atom stereocenters. The predicted molar refractivity (Wildman–Crippen MR) is 103 cm³/mol. The van der Waals surface area contributed by atoms with E-state index in [9.17, 15) is 9.59 Å². The van der Waals surface area contributed by atoms with Gasteiger partial charge in [-0.1, -0.05) is 28.9 Å². The summed E-state index contributed by atoms with van der Waals surface area (Å²) >= 11 is 5.82. The molecule has 1 amide bonds. The van der Waals surface area contributed by atoms with Crippen molar-refractivity contribution in [2.24, 2.45) is 0 Å². The van der Waals surface area contributed by atoms with Gasteiger partial charge in [0.05, 0.1) is 18.5 Å². The quantitative estimate of drug-likeness (QED) is 0.623. The van der Waals surface area contributed by atoms with Crippen molar-refractivity contribution in [1.29, 1.82) is 0 Å². The molecule has 0 spiro atoms. The van der Waals surface area contributed by atoms with E-state index in [2.05, 4.69) is 10.3 Å². The van der Waals surface area contributed by atoms with Crippen molar-refractivity contribution in [3.8, 4) is 5.75 Å². The fourth-order valence-electron chi connectivity index (χ4n) is 2.52. The Kier molecular flexibility index (Phi) is 6.03. The fraction of sp³-hybridized carbons (Fsp3) is 0.263. The van der Waals surface area contributed by atoms with Crippen molar-refractivity contribution >= 4 is 28.4 Å². The topological polar surface area (TPSA) is 77.3 Å². The van der Waals surface area contributed by atoms with Crippen molar-refractivity contribution < 1.29 is 9.53 Å². The lowest BCUT2D eigenvalue weighted by molar-refractivity contribution is -0.130. The van der Waals surface area contributed by atoms with Crippen LogP contribution in [0.1, 0.15) is 6.42 Å². The van der Waals surface area contributed by atoms with Crippen LogP contribution in [-0.2, 0) is 11.3 Å². The summed E-state index contributed by atoms with van der Waals surface area (Å²) in [5.41, 5.74) is 0.295. The Labute approximate surface area is 161 Å². The zero-order valence-corrected chi connectivity index (χ0v) is 15.6. The third kappa shape index (κ3) is 4.83. The number of hydrogen-bond donors (Lipinski definition) is 0. The number of likely N-dealkylation sites (N-methyl/N-ethyl adjacent to an activating group) is 1. The van der Waals surface area contributed by atoms with E-state index in [1.807, 2.05) is 0 Å². The Bertz CT molecular complexity index is 988. The first-order chi connectivity index (χ1) is 13.0. The van der Waals surface area contributed by atoms with Gasteiger partial charge in [-0.3, -0.25) is 9.59 Å². The first-order valence-corrected chi connectivity index (χ1v) is 8.87. The molecule has 3 aromatic rings. The highest BCUT2D eigenvalue weighted by molar-refractivity contribution is 6.30. The number of aryl methyl sites for hydroxylation is 1. The Hall–Kier alpha value is -2.93. The number of nitrogens with zero attached hydrogens (tertiary/aromatic N) is 4. The lowest BCUT2D eigenvalue weighted by atomic mass is 10.2. The van der Waals surface area contributed by atoms with Crippen LogP contribution in [0, 0.1) is 0 Å². The molecule has 0 radical (unpaired) electrons. The van der Waals surface area contributed by atoms with Gasteiger partial charge in [0.15, 0.2) is 0 Å². The maximum atomic E-state index is 12.4. The predicted octanol–water partition coefficient (Wildman–Crippen LogP) is 2.37. The van der Waals surface area contributed by atoms with Gasteiger partial charge in [0, 0.05) is 18.5 Å². The van der Waals surface area contributed by atoms with Crippen LogP contribution in [-0.4, -0.2) is 46.0 Å². The van der Waals surface area contributed by atoms with E-state index < -0.39 is 0 Å². The van der Waals surface area contributed by atoms with E-state index in [0.29, 0.717) is 34.8 Å². The normalized spacial score (nSPS) is 10.7. The van der Waals surface area contributed by atoms with Gasteiger partial charge in [-0.25, -0.2) is 4.68 Å². The smallest absolute Gasteiger partial charge is 0.277 e. The van der Waals surface area contributed by atoms with Gasteiger partial charge in [-0.15, -0.1) is 5.10 Å². The van der Waals surface area contributed by atoms with Crippen molar-refractivity contribution in [1.82, 2.24) is 19.9 Å². The zero-order valence-electron chi connectivity index (χ0n) is 14.8. The monoisotopic (exact) mass is 386 g/mol. The van der Waals surface area contributed by atoms with Crippen LogP contribution in [0.25, 0.3) is 10.9 Å². The van der Waals surface area contributed by atoms with Crippen molar-refractivity contribution in [3.05, 3.63) is 63.9 Å². The van der Waals surface area contributed by atoms with Gasteiger partial charge >= 0.3 is 0 Å². The molecule has 27 heavy (non-hydrogen) atoms. The largest absolute Gasteiger partial charge is 0.492 e. The van der Waals surface area contributed by atoms with Crippen molar-refractivity contribution in [2.75, 3.05) is 20.2 Å². The number of halogens is 1. The van der Waals surface area contributed by atoms with Crippen LogP contribution < -0.4 is 10.3 Å². The molecule has 8 heteroatoms. The van der Waals surface area contributed by atoms with Gasteiger partial charge in [0.2, 0.25) is 5.91 Å². The Balaban J connectivity index is 1.50. The summed E-state index contributed by atoms with van der Waals surface area (Å²) in [5, 5.41) is 9.04. The number of benzene rings is 2. The number of carbonyl (C=O) groups excluding carboxylic acids is 1. The average Bonchev–Trinajstić information content (AvgIpc) is 2.69. The van der Waals surface area contributed by atoms with E-state index >= 15 is 0 Å². The Morgan fingerprint density at radius 2 is 1.93 bits per heavy atom. The minimum Gasteiger partial charge on any atom is -0.492 e. The van der Waals surface area contributed by atoms with E-state index in [1.54, 1.807) is 60.5 Å². The summed E-state index contributed by atoms with van der Waals surface area (Å²) in [7, 11) is 1.70. The minimum atomic E-state index is -0.248. The number of rotatable bonds is 7. The lowest BCUT2D eigenvalue weighted by Crippen LogP contribution is -2.33. The Morgan fingerprint density at radius 1 is 1.19 bits per heavy atom.